The van der Waals surface area contributed by atoms with E-state index in [9.17, 15) is 13.2 Å². The van der Waals surface area contributed by atoms with E-state index in [0.29, 0.717) is 24.6 Å². The molecule has 1 amide bonds. The second-order valence-electron chi connectivity index (χ2n) is 6.72. The molecule has 0 radical (unpaired) electrons. The average molecular weight is 388 g/mol. The molecule has 0 bridgehead atoms. The summed E-state index contributed by atoms with van der Waals surface area (Å²) < 4.78 is 23.7. The highest BCUT2D eigenvalue weighted by atomic mass is 32.2. The molecule has 2 heterocycles. The number of anilines is 1. The van der Waals surface area contributed by atoms with Crippen LogP contribution in [0.15, 0.2) is 36.4 Å². The van der Waals surface area contributed by atoms with E-state index in [4.69, 9.17) is 0 Å². The van der Waals surface area contributed by atoms with Gasteiger partial charge in [-0.3, -0.25) is 4.79 Å². The molecule has 8 heteroatoms. The Morgan fingerprint density at radius 2 is 2.00 bits per heavy atom. The van der Waals surface area contributed by atoms with Crippen LogP contribution in [0.5, 0.6) is 0 Å². The number of rotatable bonds is 6. The Hall–Kier alpha value is -2.48. The number of aromatic nitrogens is 2. The minimum atomic E-state index is -3.01. The highest BCUT2D eigenvalue weighted by Gasteiger charge is 2.31. The van der Waals surface area contributed by atoms with Gasteiger partial charge in [-0.25, -0.2) is 18.4 Å². The monoisotopic (exact) mass is 388 g/mol. The molecule has 144 valence electrons. The van der Waals surface area contributed by atoms with Gasteiger partial charge in [0.25, 0.3) is 5.91 Å². The minimum absolute atomic E-state index is 0.103. The summed E-state index contributed by atoms with van der Waals surface area (Å²) in [5, 5.41) is 2.83. The molecule has 1 aromatic heterocycles. The fraction of sp³-hybridized carbons (Fsp3) is 0.421. The van der Waals surface area contributed by atoms with E-state index in [1.165, 1.54) is 0 Å². The van der Waals surface area contributed by atoms with Crippen molar-refractivity contribution in [2.75, 3.05) is 30.0 Å². The summed E-state index contributed by atoms with van der Waals surface area (Å²) in [6.45, 7) is 2.55. The first-order chi connectivity index (χ1) is 12.9. The van der Waals surface area contributed by atoms with Gasteiger partial charge >= 0.3 is 0 Å². The Morgan fingerprint density at radius 1 is 1.26 bits per heavy atom. The molecule has 1 aliphatic heterocycles. The zero-order chi connectivity index (χ0) is 19.4. The third kappa shape index (κ3) is 4.63. The van der Waals surface area contributed by atoms with Crippen LogP contribution in [0.4, 0.5) is 5.82 Å². The van der Waals surface area contributed by atoms with E-state index in [1.54, 1.807) is 6.07 Å². The molecule has 0 spiro atoms. The fourth-order valence-corrected chi connectivity index (χ4v) is 4.82. The van der Waals surface area contributed by atoms with Crippen LogP contribution in [0, 0.1) is 0 Å². The zero-order valence-electron chi connectivity index (χ0n) is 15.6. The molecule has 1 atom stereocenters. The van der Waals surface area contributed by atoms with Crippen molar-refractivity contribution >= 4 is 21.6 Å². The molecule has 3 rings (SSSR count). The molecule has 2 aromatic rings. The number of carbonyl (C=O) groups is 1. The van der Waals surface area contributed by atoms with E-state index < -0.39 is 9.84 Å². The molecule has 0 aliphatic carbocycles. The van der Waals surface area contributed by atoms with E-state index in [-0.39, 0.29) is 29.1 Å². The van der Waals surface area contributed by atoms with Crippen molar-refractivity contribution in [2.24, 2.45) is 0 Å². The first-order valence-electron chi connectivity index (χ1n) is 9.05. The van der Waals surface area contributed by atoms with Gasteiger partial charge in [0.15, 0.2) is 15.7 Å². The topological polar surface area (TPSA) is 92.3 Å². The molecular weight excluding hydrogens is 364 g/mol. The zero-order valence-corrected chi connectivity index (χ0v) is 16.4. The van der Waals surface area contributed by atoms with Gasteiger partial charge in [0.05, 0.1) is 11.5 Å². The van der Waals surface area contributed by atoms with Crippen LogP contribution in [0.25, 0.3) is 11.4 Å². The van der Waals surface area contributed by atoms with Gasteiger partial charge in [-0.05, 0) is 12.8 Å². The number of sulfone groups is 1. The van der Waals surface area contributed by atoms with E-state index in [1.807, 2.05) is 49.2 Å². The second kappa shape index (κ2) is 8.04. The van der Waals surface area contributed by atoms with Crippen molar-refractivity contribution in [3.05, 3.63) is 42.1 Å². The maximum absolute atomic E-state index is 12.5. The lowest BCUT2D eigenvalue weighted by molar-refractivity contribution is 0.0948. The maximum Gasteiger partial charge on any atom is 0.270 e. The lowest BCUT2D eigenvalue weighted by Crippen LogP contribution is -2.34. The summed E-state index contributed by atoms with van der Waals surface area (Å²) in [5.41, 5.74) is 1.08. The average Bonchev–Trinajstić information content (AvgIpc) is 3.05. The lowest BCUT2D eigenvalue weighted by Gasteiger charge is -2.25. The van der Waals surface area contributed by atoms with Gasteiger partial charge in [0.2, 0.25) is 0 Å². The fourth-order valence-electron chi connectivity index (χ4n) is 3.04. The maximum atomic E-state index is 12.5. The van der Waals surface area contributed by atoms with E-state index in [2.05, 4.69) is 15.3 Å². The number of benzene rings is 1. The standard InChI is InChI=1S/C19H24N4O3S/c1-3-10-20-19(24)16-12-17(23(2)15-9-11-27(25,26)13-15)22-18(21-16)14-7-5-4-6-8-14/h4-8,12,15H,3,9-11,13H2,1-2H3,(H,20,24). The number of carbonyl (C=O) groups excluding carboxylic acids is 1. The normalized spacial score (nSPS) is 18.2. The van der Waals surface area contributed by atoms with Crippen LogP contribution in [-0.4, -0.2) is 55.4 Å². The molecule has 1 aliphatic rings. The van der Waals surface area contributed by atoms with Crippen molar-refractivity contribution in [1.29, 1.82) is 0 Å². The first-order valence-corrected chi connectivity index (χ1v) is 10.9. The van der Waals surface area contributed by atoms with Gasteiger partial charge in [-0.2, -0.15) is 0 Å². The summed E-state index contributed by atoms with van der Waals surface area (Å²) in [6.07, 6.45) is 1.38. The van der Waals surface area contributed by atoms with Gasteiger partial charge in [-0.15, -0.1) is 0 Å². The third-order valence-electron chi connectivity index (χ3n) is 4.63. The molecule has 27 heavy (non-hydrogen) atoms. The summed E-state index contributed by atoms with van der Waals surface area (Å²) in [7, 11) is -1.20. The predicted octanol–water partition coefficient (Wildman–Crippen LogP) is 1.91. The van der Waals surface area contributed by atoms with E-state index >= 15 is 0 Å². The van der Waals surface area contributed by atoms with E-state index in [0.717, 1.165) is 12.0 Å². The quantitative estimate of drug-likeness (QED) is 0.813. The summed E-state index contributed by atoms with van der Waals surface area (Å²) in [4.78, 5) is 23.3. The Kier molecular flexibility index (Phi) is 5.74. The molecule has 1 saturated heterocycles. The van der Waals surface area contributed by atoms with Gasteiger partial charge in [-0.1, -0.05) is 37.3 Å². The van der Waals surface area contributed by atoms with Crippen LogP contribution in [0.3, 0.4) is 0 Å². The lowest BCUT2D eigenvalue weighted by atomic mass is 10.2. The number of hydrogen-bond acceptors (Lipinski definition) is 6. The SMILES string of the molecule is CCCNC(=O)c1cc(N(C)C2CCS(=O)(=O)C2)nc(-c2ccccc2)n1. The second-order valence-corrected chi connectivity index (χ2v) is 8.95. The molecule has 1 N–H and O–H groups in total. The molecule has 1 unspecified atom stereocenters. The largest absolute Gasteiger partial charge is 0.355 e. The summed E-state index contributed by atoms with van der Waals surface area (Å²) in [5.74, 6) is 1.02. The van der Waals surface area contributed by atoms with Gasteiger partial charge < -0.3 is 10.2 Å². The molecule has 1 aromatic carbocycles. The molecular formula is C19H24N4O3S. The number of nitrogens with zero attached hydrogens (tertiary/aromatic N) is 3. The van der Waals surface area contributed by atoms with Gasteiger partial charge in [0, 0.05) is 31.3 Å². The number of amides is 1. The van der Waals surface area contributed by atoms with Crippen molar-refractivity contribution in [3.8, 4) is 11.4 Å². The van der Waals surface area contributed by atoms with Crippen LogP contribution in [-0.2, 0) is 9.84 Å². The van der Waals surface area contributed by atoms with Crippen LogP contribution in [0.1, 0.15) is 30.3 Å². The van der Waals surface area contributed by atoms with Gasteiger partial charge in [0.1, 0.15) is 11.5 Å². The highest BCUT2D eigenvalue weighted by Crippen LogP contribution is 2.24. The highest BCUT2D eigenvalue weighted by molar-refractivity contribution is 7.91. The first kappa shape index (κ1) is 19.3. The summed E-state index contributed by atoms with van der Waals surface area (Å²) >= 11 is 0. The number of nitrogens with one attached hydrogen (secondary N) is 1. The molecule has 7 nitrogen and oxygen atoms in total. The minimum Gasteiger partial charge on any atom is -0.355 e. The Labute approximate surface area is 159 Å². The summed E-state index contributed by atoms with van der Waals surface area (Å²) in [6, 6.07) is 10.9. The predicted molar refractivity (Wildman–Crippen MR) is 106 cm³/mol. The Balaban J connectivity index is 1.98. The van der Waals surface area contributed by atoms with Crippen molar-refractivity contribution < 1.29 is 13.2 Å². The number of hydrogen-bond donors (Lipinski definition) is 1. The molecule has 1 fully saturated rings. The van der Waals surface area contributed by atoms with Crippen LogP contribution in [0.2, 0.25) is 0 Å². The Morgan fingerprint density at radius 3 is 2.63 bits per heavy atom. The van der Waals surface area contributed by atoms with Crippen molar-refractivity contribution in [3.63, 3.8) is 0 Å². The van der Waals surface area contributed by atoms with Crippen molar-refractivity contribution in [1.82, 2.24) is 15.3 Å². The van der Waals surface area contributed by atoms with Crippen molar-refractivity contribution in [2.45, 2.75) is 25.8 Å². The molecule has 0 saturated carbocycles. The Bertz CT molecular complexity index is 916. The smallest absolute Gasteiger partial charge is 0.270 e. The van der Waals surface area contributed by atoms with Crippen LogP contribution < -0.4 is 10.2 Å². The van der Waals surface area contributed by atoms with Crippen LogP contribution >= 0.6 is 0 Å². The third-order valence-corrected chi connectivity index (χ3v) is 6.38.